The lowest BCUT2D eigenvalue weighted by Gasteiger charge is -2.32. The molecule has 1 aliphatic rings. The number of allylic oxidation sites excluding steroid dienone is 6. The van der Waals surface area contributed by atoms with Crippen molar-refractivity contribution in [1.29, 1.82) is 0 Å². The Bertz CT molecular complexity index is 1110. The minimum Gasteiger partial charge on any atom is -0.388 e. The van der Waals surface area contributed by atoms with E-state index in [1.807, 2.05) is 0 Å². The Labute approximate surface area is 199 Å². The lowest BCUT2D eigenvalue weighted by Crippen LogP contribution is -2.30. The molecule has 0 N–H and O–H groups in total. The lowest BCUT2D eigenvalue weighted by atomic mass is 10.0. The van der Waals surface area contributed by atoms with E-state index in [1.54, 1.807) is 54.8 Å². The van der Waals surface area contributed by atoms with Crippen LogP contribution in [0.25, 0.3) is 5.57 Å². The molecule has 2 aromatic rings. The molecule has 5 nitrogen and oxygen atoms in total. The molecule has 0 aromatic carbocycles. The Hall–Kier alpha value is -3.24. The highest BCUT2D eigenvalue weighted by atomic mass is 19.4. The number of fused-ring (bicyclic) bond motifs is 1. The number of hydrogen-bond donors (Lipinski definition) is 0. The highest BCUT2D eigenvalue weighted by Crippen LogP contribution is 2.36. The number of alkyl halides is 6. The highest BCUT2D eigenvalue weighted by molar-refractivity contribution is 5.74. The molecule has 0 bridgehead atoms. The Balaban J connectivity index is 1.97. The summed E-state index contributed by atoms with van der Waals surface area (Å²) in [5.74, 6) is -0.310. The number of rotatable bonds is 7. The maximum atomic E-state index is 13.5. The van der Waals surface area contributed by atoms with E-state index >= 15 is 0 Å². The van der Waals surface area contributed by atoms with Crippen molar-refractivity contribution >= 4 is 11.4 Å². The molecule has 0 amide bonds. The van der Waals surface area contributed by atoms with Crippen LogP contribution in [0.3, 0.4) is 0 Å². The number of aryl methyl sites for hydroxylation is 1. The lowest BCUT2D eigenvalue weighted by molar-refractivity contribution is -0.276. The third-order valence-corrected chi connectivity index (χ3v) is 5.46. The smallest absolute Gasteiger partial charge is 0.388 e. The van der Waals surface area contributed by atoms with Crippen molar-refractivity contribution in [2.45, 2.75) is 58.2 Å². The zero-order valence-corrected chi connectivity index (χ0v) is 19.5. The van der Waals surface area contributed by atoms with Crippen LogP contribution in [0.4, 0.5) is 32.2 Å². The van der Waals surface area contributed by atoms with Crippen LogP contribution in [0.1, 0.15) is 50.5 Å². The van der Waals surface area contributed by atoms with Crippen LogP contribution >= 0.6 is 0 Å². The summed E-state index contributed by atoms with van der Waals surface area (Å²) in [6.45, 7) is 3.91. The molecule has 35 heavy (non-hydrogen) atoms. The Morgan fingerprint density at radius 3 is 2.60 bits per heavy atom. The monoisotopic (exact) mass is 500 g/mol. The maximum Gasteiger partial charge on any atom is 0.574 e. The molecule has 3 rings (SSSR count). The first kappa shape index (κ1) is 26.4. The van der Waals surface area contributed by atoms with Gasteiger partial charge in [-0.05, 0) is 44.4 Å². The van der Waals surface area contributed by atoms with Gasteiger partial charge in [0.1, 0.15) is 5.82 Å². The molecule has 1 unspecified atom stereocenters. The van der Waals surface area contributed by atoms with Crippen LogP contribution in [0.2, 0.25) is 0 Å². The Morgan fingerprint density at radius 1 is 1.23 bits per heavy atom. The van der Waals surface area contributed by atoms with E-state index in [2.05, 4.69) is 14.8 Å². The molecule has 0 spiro atoms. The minimum atomic E-state index is -4.86. The van der Waals surface area contributed by atoms with Crippen molar-refractivity contribution in [3.05, 3.63) is 65.5 Å². The van der Waals surface area contributed by atoms with Gasteiger partial charge in [0.2, 0.25) is 5.88 Å². The zero-order valence-electron chi connectivity index (χ0n) is 19.5. The van der Waals surface area contributed by atoms with Gasteiger partial charge in [-0.15, -0.1) is 13.2 Å². The summed E-state index contributed by atoms with van der Waals surface area (Å²) in [6, 6.07) is 5.53. The molecule has 1 atom stereocenters. The van der Waals surface area contributed by atoms with Gasteiger partial charge in [0, 0.05) is 25.2 Å². The Kier molecular flexibility index (Phi) is 7.97. The van der Waals surface area contributed by atoms with E-state index in [4.69, 9.17) is 0 Å². The van der Waals surface area contributed by atoms with E-state index in [1.165, 1.54) is 6.07 Å². The summed E-state index contributed by atoms with van der Waals surface area (Å²) < 4.78 is 83.9. The number of pyridine rings is 1. The first-order valence-electron chi connectivity index (χ1n) is 11.1. The predicted molar refractivity (Wildman–Crippen MR) is 121 cm³/mol. The molecule has 3 heterocycles. The van der Waals surface area contributed by atoms with Crippen molar-refractivity contribution < 1.29 is 31.1 Å². The van der Waals surface area contributed by atoms with Gasteiger partial charge < -0.3 is 9.64 Å². The second-order valence-electron chi connectivity index (χ2n) is 7.99. The van der Waals surface area contributed by atoms with Crippen molar-refractivity contribution in [3.63, 3.8) is 0 Å². The summed E-state index contributed by atoms with van der Waals surface area (Å²) in [4.78, 5) is 5.68. The molecule has 1 aliphatic heterocycles. The normalized spacial score (nSPS) is 17.6. The SMILES string of the molecule is C\C=C/C(=C\C(=C\CC)C(F)(F)F)c1cc2n(n1)CCCC2N(C)c1cccc(OC(F)(F)F)n1. The second-order valence-corrected chi connectivity index (χ2v) is 7.99. The first-order chi connectivity index (χ1) is 16.4. The molecule has 11 heteroatoms. The fourth-order valence-corrected chi connectivity index (χ4v) is 3.96. The fourth-order valence-electron chi connectivity index (χ4n) is 3.96. The van der Waals surface area contributed by atoms with Crippen LogP contribution in [0, 0.1) is 0 Å². The van der Waals surface area contributed by atoms with Crippen LogP contribution in [0.5, 0.6) is 5.88 Å². The van der Waals surface area contributed by atoms with E-state index in [0.29, 0.717) is 24.2 Å². The van der Waals surface area contributed by atoms with E-state index in [0.717, 1.165) is 30.3 Å². The summed E-state index contributed by atoms with van der Waals surface area (Å²) in [5, 5.41) is 4.54. The van der Waals surface area contributed by atoms with E-state index in [9.17, 15) is 26.3 Å². The third kappa shape index (κ3) is 6.67. The molecule has 190 valence electrons. The fraction of sp³-hybridized carbons (Fsp3) is 0.417. The largest absolute Gasteiger partial charge is 0.574 e. The molecular weight excluding hydrogens is 474 g/mol. The molecular formula is C24H26F6N4O. The topological polar surface area (TPSA) is 43.2 Å². The average molecular weight is 500 g/mol. The third-order valence-electron chi connectivity index (χ3n) is 5.46. The molecule has 0 saturated carbocycles. The van der Waals surface area contributed by atoms with Gasteiger partial charge in [-0.1, -0.05) is 31.2 Å². The van der Waals surface area contributed by atoms with Gasteiger partial charge in [0.15, 0.2) is 0 Å². The van der Waals surface area contributed by atoms with Gasteiger partial charge in [-0.2, -0.15) is 23.3 Å². The summed E-state index contributed by atoms with van der Waals surface area (Å²) in [6.07, 6.45) is -2.32. The quantitative estimate of drug-likeness (QED) is 0.303. The average Bonchev–Trinajstić information content (AvgIpc) is 3.20. The van der Waals surface area contributed by atoms with Crippen LogP contribution < -0.4 is 9.64 Å². The summed E-state index contributed by atoms with van der Waals surface area (Å²) in [5.41, 5.74) is 0.679. The number of halogens is 6. The van der Waals surface area contributed by atoms with Crippen LogP contribution in [0.15, 0.2) is 54.1 Å². The summed E-state index contributed by atoms with van der Waals surface area (Å²) >= 11 is 0. The van der Waals surface area contributed by atoms with Gasteiger partial charge >= 0.3 is 12.5 Å². The number of anilines is 1. The van der Waals surface area contributed by atoms with Gasteiger partial charge in [-0.3, -0.25) is 4.68 Å². The van der Waals surface area contributed by atoms with Gasteiger partial charge in [0.25, 0.3) is 0 Å². The molecule has 0 radical (unpaired) electrons. The minimum absolute atomic E-state index is 0.227. The zero-order chi connectivity index (χ0) is 25.8. The molecule has 0 fully saturated rings. The van der Waals surface area contributed by atoms with Crippen molar-refractivity contribution in [2.75, 3.05) is 11.9 Å². The number of hydrogen-bond acceptors (Lipinski definition) is 4. The van der Waals surface area contributed by atoms with Gasteiger partial charge in [-0.25, -0.2) is 0 Å². The van der Waals surface area contributed by atoms with E-state index in [-0.39, 0.29) is 18.3 Å². The first-order valence-corrected chi connectivity index (χ1v) is 11.1. The highest BCUT2D eigenvalue weighted by Gasteiger charge is 2.34. The van der Waals surface area contributed by atoms with Crippen molar-refractivity contribution in [3.8, 4) is 5.88 Å². The standard InChI is InChI=1S/C24H26F6N4O/c1-4-8-16(14-17(9-5-2)23(25,26)27)18-15-20-19(10-7-13-34(20)32-18)33(3)21-11-6-12-22(31-21)35-24(28,29)30/h4,6,8-9,11-12,14-15,19H,5,7,10,13H2,1-3H3/b8-4-,16-14+,17-9-. The molecule has 0 saturated heterocycles. The Morgan fingerprint density at radius 2 is 1.97 bits per heavy atom. The number of nitrogens with zero attached hydrogens (tertiary/aromatic N) is 4. The predicted octanol–water partition coefficient (Wildman–Crippen LogP) is 7.01. The van der Waals surface area contributed by atoms with Crippen LogP contribution in [-0.2, 0) is 6.54 Å². The maximum absolute atomic E-state index is 13.5. The second kappa shape index (κ2) is 10.6. The van der Waals surface area contributed by atoms with Crippen molar-refractivity contribution in [1.82, 2.24) is 14.8 Å². The number of ether oxygens (including phenoxy) is 1. The number of aromatic nitrogens is 3. The summed E-state index contributed by atoms with van der Waals surface area (Å²) in [7, 11) is 1.70. The molecule has 0 aliphatic carbocycles. The van der Waals surface area contributed by atoms with Gasteiger partial charge in [0.05, 0.1) is 23.0 Å². The van der Waals surface area contributed by atoms with Crippen LogP contribution in [-0.4, -0.2) is 34.4 Å². The van der Waals surface area contributed by atoms with E-state index < -0.39 is 24.0 Å². The van der Waals surface area contributed by atoms with Crippen molar-refractivity contribution in [2.24, 2.45) is 0 Å². The molecule has 2 aromatic heterocycles.